The van der Waals surface area contributed by atoms with Crippen molar-refractivity contribution < 1.29 is 9.59 Å². The molecule has 2 N–H and O–H groups in total. The summed E-state index contributed by atoms with van der Waals surface area (Å²) < 4.78 is 2.26. The quantitative estimate of drug-likeness (QED) is 0.889. The van der Waals surface area contributed by atoms with Gasteiger partial charge in [0, 0.05) is 23.8 Å². The number of carbonyl (C=O) groups excluding carboxylic acids is 2. The molecule has 1 aromatic carbocycles. The predicted octanol–water partition coefficient (Wildman–Crippen LogP) is 1.55. The minimum absolute atomic E-state index is 0.114. The van der Waals surface area contributed by atoms with E-state index in [0.29, 0.717) is 15.9 Å². The van der Waals surface area contributed by atoms with Gasteiger partial charge in [0.2, 0.25) is 5.91 Å². The van der Waals surface area contributed by atoms with E-state index < -0.39 is 0 Å². The molecule has 6 nitrogen and oxygen atoms in total. The zero-order valence-electron chi connectivity index (χ0n) is 10.8. The lowest BCUT2D eigenvalue weighted by atomic mass is 10.2. The van der Waals surface area contributed by atoms with Gasteiger partial charge in [0.25, 0.3) is 5.91 Å². The summed E-state index contributed by atoms with van der Waals surface area (Å²) in [6.45, 7) is -0.114. The first-order valence-corrected chi connectivity index (χ1v) is 6.68. The van der Waals surface area contributed by atoms with E-state index in [9.17, 15) is 9.59 Å². The second-order valence-electron chi connectivity index (χ2n) is 4.09. The monoisotopic (exact) mass is 336 g/mol. The lowest BCUT2D eigenvalue weighted by Crippen LogP contribution is -2.33. The van der Waals surface area contributed by atoms with Crippen LogP contribution in [0.2, 0.25) is 0 Å². The summed E-state index contributed by atoms with van der Waals surface area (Å²) in [5, 5.41) is 9.15. The second-order valence-corrected chi connectivity index (χ2v) is 4.94. The van der Waals surface area contributed by atoms with Gasteiger partial charge in [-0.1, -0.05) is 12.1 Å². The highest BCUT2D eigenvalue weighted by atomic mass is 79.9. The highest BCUT2D eigenvalue weighted by molar-refractivity contribution is 9.10. The van der Waals surface area contributed by atoms with E-state index in [0.717, 1.165) is 0 Å². The van der Waals surface area contributed by atoms with Gasteiger partial charge in [0.1, 0.15) is 0 Å². The van der Waals surface area contributed by atoms with E-state index >= 15 is 0 Å². The molecule has 0 spiro atoms. The van der Waals surface area contributed by atoms with Crippen LogP contribution in [0.15, 0.2) is 41.0 Å². The molecule has 2 rings (SSSR count). The molecule has 20 heavy (non-hydrogen) atoms. The van der Waals surface area contributed by atoms with E-state index in [2.05, 4.69) is 31.7 Å². The van der Waals surface area contributed by atoms with Crippen molar-refractivity contribution in [1.29, 1.82) is 0 Å². The van der Waals surface area contributed by atoms with Gasteiger partial charge < -0.3 is 10.6 Å². The van der Waals surface area contributed by atoms with Gasteiger partial charge in [0.15, 0.2) is 5.82 Å². The molecule has 2 aromatic rings. The van der Waals surface area contributed by atoms with Crippen LogP contribution >= 0.6 is 15.9 Å². The van der Waals surface area contributed by atoms with Crippen molar-refractivity contribution >= 4 is 33.6 Å². The molecule has 0 unspecified atom stereocenters. The minimum atomic E-state index is -0.330. The van der Waals surface area contributed by atoms with E-state index in [4.69, 9.17) is 0 Å². The topological polar surface area (TPSA) is 76.0 Å². The number of benzene rings is 1. The van der Waals surface area contributed by atoms with Crippen molar-refractivity contribution in [2.24, 2.45) is 7.05 Å². The molecule has 1 aromatic heterocycles. The smallest absolute Gasteiger partial charge is 0.252 e. The Kier molecular flexibility index (Phi) is 4.52. The zero-order valence-corrected chi connectivity index (χ0v) is 12.3. The Bertz CT molecular complexity index is 639. The van der Waals surface area contributed by atoms with Crippen molar-refractivity contribution in [1.82, 2.24) is 15.1 Å². The number of rotatable bonds is 4. The Hall–Kier alpha value is -2.15. The summed E-state index contributed by atoms with van der Waals surface area (Å²) in [6.07, 6.45) is 1.72. The Balaban J connectivity index is 1.87. The van der Waals surface area contributed by atoms with E-state index in [-0.39, 0.29) is 18.4 Å². The first-order chi connectivity index (χ1) is 9.56. The maximum absolute atomic E-state index is 11.9. The van der Waals surface area contributed by atoms with Gasteiger partial charge in [-0.15, -0.1) is 0 Å². The lowest BCUT2D eigenvalue weighted by Gasteiger charge is -2.06. The summed E-state index contributed by atoms with van der Waals surface area (Å²) >= 11 is 3.29. The minimum Gasteiger partial charge on any atom is -0.343 e. The highest BCUT2D eigenvalue weighted by Gasteiger charge is 2.11. The standard InChI is InChI=1S/C13H13BrN4O2/c1-18-7-6-11(17-18)16-12(19)8-15-13(20)9-4-2-3-5-10(9)14/h2-7H,8H2,1H3,(H,15,20)(H,16,17,19). The molecular formula is C13H13BrN4O2. The van der Waals surface area contributed by atoms with E-state index in [1.165, 1.54) is 0 Å². The Morgan fingerprint density at radius 1 is 1.30 bits per heavy atom. The van der Waals surface area contributed by atoms with Crippen LogP contribution in [-0.4, -0.2) is 28.1 Å². The number of hydrogen-bond donors (Lipinski definition) is 2. The highest BCUT2D eigenvalue weighted by Crippen LogP contribution is 2.15. The van der Waals surface area contributed by atoms with E-state index in [1.54, 1.807) is 42.2 Å². The van der Waals surface area contributed by atoms with Gasteiger partial charge in [-0.2, -0.15) is 5.10 Å². The maximum atomic E-state index is 11.9. The average Bonchev–Trinajstić information content (AvgIpc) is 2.82. The molecule has 7 heteroatoms. The van der Waals surface area contributed by atoms with Crippen LogP contribution in [0.5, 0.6) is 0 Å². The molecule has 2 amide bonds. The third kappa shape index (κ3) is 3.67. The van der Waals surface area contributed by atoms with Crippen LogP contribution in [0.25, 0.3) is 0 Å². The molecule has 0 radical (unpaired) electrons. The number of aryl methyl sites for hydroxylation is 1. The van der Waals surface area contributed by atoms with Gasteiger partial charge in [-0.25, -0.2) is 0 Å². The van der Waals surface area contributed by atoms with Crippen molar-refractivity contribution in [3.05, 3.63) is 46.6 Å². The van der Waals surface area contributed by atoms with Crippen molar-refractivity contribution in [3.63, 3.8) is 0 Å². The zero-order chi connectivity index (χ0) is 14.5. The molecule has 0 aliphatic carbocycles. The molecule has 0 saturated carbocycles. The number of amides is 2. The van der Waals surface area contributed by atoms with Crippen LogP contribution in [0, 0.1) is 0 Å². The van der Waals surface area contributed by atoms with Crippen LogP contribution in [0.4, 0.5) is 5.82 Å². The van der Waals surface area contributed by atoms with Crippen molar-refractivity contribution in [2.75, 3.05) is 11.9 Å². The van der Waals surface area contributed by atoms with E-state index in [1.807, 2.05) is 6.07 Å². The number of hydrogen-bond acceptors (Lipinski definition) is 3. The van der Waals surface area contributed by atoms with Crippen molar-refractivity contribution in [3.8, 4) is 0 Å². The fourth-order valence-electron chi connectivity index (χ4n) is 1.57. The number of anilines is 1. The normalized spacial score (nSPS) is 10.1. The van der Waals surface area contributed by atoms with Crippen LogP contribution in [0.1, 0.15) is 10.4 Å². The summed E-state index contributed by atoms with van der Waals surface area (Å²) in [5.41, 5.74) is 0.484. The summed E-state index contributed by atoms with van der Waals surface area (Å²) in [7, 11) is 1.75. The number of carbonyl (C=O) groups is 2. The molecule has 0 aliphatic rings. The van der Waals surface area contributed by atoms with Crippen LogP contribution in [-0.2, 0) is 11.8 Å². The Labute approximate surface area is 124 Å². The maximum Gasteiger partial charge on any atom is 0.252 e. The third-order valence-electron chi connectivity index (χ3n) is 2.51. The Morgan fingerprint density at radius 3 is 2.70 bits per heavy atom. The fourth-order valence-corrected chi connectivity index (χ4v) is 2.03. The first kappa shape index (κ1) is 14.3. The molecular weight excluding hydrogens is 324 g/mol. The molecule has 0 aliphatic heterocycles. The lowest BCUT2D eigenvalue weighted by molar-refractivity contribution is -0.115. The molecule has 0 saturated heterocycles. The fraction of sp³-hybridized carbons (Fsp3) is 0.154. The largest absolute Gasteiger partial charge is 0.343 e. The Morgan fingerprint density at radius 2 is 2.05 bits per heavy atom. The number of halogens is 1. The third-order valence-corrected chi connectivity index (χ3v) is 3.20. The molecule has 104 valence electrons. The predicted molar refractivity (Wildman–Crippen MR) is 78.3 cm³/mol. The number of nitrogens with one attached hydrogen (secondary N) is 2. The van der Waals surface area contributed by atoms with Gasteiger partial charge in [-0.3, -0.25) is 14.3 Å². The SMILES string of the molecule is Cn1ccc(NC(=O)CNC(=O)c2ccccc2Br)n1. The van der Waals surface area contributed by atoms with Crippen LogP contribution < -0.4 is 10.6 Å². The second kappa shape index (κ2) is 6.33. The average molecular weight is 337 g/mol. The first-order valence-electron chi connectivity index (χ1n) is 5.88. The van der Waals surface area contributed by atoms with Gasteiger partial charge in [0.05, 0.1) is 12.1 Å². The molecule has 0 atom stereocenters. The van der Waals surface area contributed by atoms with Gasteiger partial charge in [-0.05, 0) is 28.1 Å². The number of nitrogens with zero attached hydrogens (tertiary/aromatic N) is 2. The summed E-state index contributed by atoms with van der Waals surface area (Å²) in [6, 6.07) is 8.69. The van der Waals surface area contributed by atoms with Crippen molar-refractivity contribution in [2.45, 2.75) is 0 Å². The van der Waals surface area contributed by atoms with Gasteiger partial charge >= 0.3 is 0 Å². The summed E-state index contributed by atoms with van der Waals surface area (Å²) in [5.74, 6) is -0.189. The molecule has 0 fully saturated rings. The number of aromatic nitrogens is 2. The molecule has 1 heterocycles. The summed E-state index contributed by atoms with van der Waals surface area (Å²) in [4.78, 5) is 23.5. The molecule has 0 bridgehead atoms. The van der Waals surface area contributed by atoms with Crippen LogP contribution in [0.3, 0.4) is 0 Å².